The second kappa shape index (κ2) is 4.09. The summed E-state index contributed by atoms with van der Waals surface area (Å²) >= 11 is 0. The molecule has 2 rings (SSSR count). The summed E-state index contributed by atoms with van der Waals surface area (Å²) in [6.07, 6.45) is 13.9. The van der Waals surface area contributed by atoms with Crippen LogP contribution in [0.15, 0.2) is 36.5 Å². The Balaban J connectivity index is 1.93. The van der Waals surface area contributed by atoms with Gasteiger partial charge in [-0.25, -0.2) is 10.9 Å². The van der Waals surface area contributed by atoms with Gasteiger partial charge in [0, 0.05) is 13.1 Å². The predicted molar refractivity (Wildman–Crippen MR) is 58.3 cm³/mol. The molecule has 2 aliphatic rings. The number of hydrazine groups is 2. The molecule has 0 saturated carbocycles. The number of allylic oxidation sites excluding steroid dienone is 3. The Labute approximate surface area is 85.1 Å². The molecule has 1 spiro atoms. The first kappa shape index (κ1) is 9.65. The zero-order chi connectivity index (χ0) is 9.86. The topological polar surface area (TPSA) is 27.3 Å². The Bertz CT molecular complexity index is 280. The Morgan fingerprint density at radius 2 is 2.43 bits per heavy atom. The van der Waals surface area contributed by atoms with Crippen molar-refractivity contribution in [1.82, 2.24) is 16.0 Å². The molecule has 1 aliphatic carbocycles. The van der Waals surface area contributed by atoms with E-state index < -0.39 is 0 Å². The molecule has 0 aromatic rings. The fourth-order valence-corrected chi connectivity index (χ4v) is 1.78. The molecule has 14 heavy (non-hydrogen) atoms. The van der Waals surface area contributed by atoms with Gasteiger partial charge in [-0.2, -0.15) is 5.12 Å². The third kappa shape index (κ3) is 1.95. The summed E-state index contributed by atoms with van der Waals surface area (Å²) in [5.41, 5.74) is 6.92. The standard InChI is InChI=1S/C11H17N3/c1-2-3-9-14-12-10-11(13-14)7-5-4-6-8-11/h2-7,12-13H,8-10H2,1H3/b3-2-. The second-order valence-corrected chi connectivity index (χ2v) is 3.77. The van der Waals surface area contributed by atoms with Crippen molar-refractivity contribution in [3.63, 3.8) is 0 Å². The second-order valence-electron chi connectivity index (χ2n) is 3.77. The highest BCUT2D eigenvalue weighted by Crippen LogP contribution is 2.20. The molecular formula is C11H17N3. The lowest BCUT2D eigenvalue weighted by molar-refractivity contribution is 0.181. The first-order valence-corrected chi connectivity index (χ1v) is 5.09. The SMILES string of the molecule is C/C=C\CN1NCC2(C=CC=CC2)N1. The molecule has 1 aliphatic heterocycles. The van der Waals surface area contributed by atoms with Crippen LogP contribution in [0, 0.1) is 0 Å². The number of hydrogen-bond donors (Lipinski definition) is 2. The molecule has 0 bridgehead atoms. The third-order valence-corrected chi connectivity index (χ3v) is 2.61. The van der Waals surface area contributed by atoms with Crippen molar-refractivity contribution in [3.05, 3.63) is 36.5 Å². The summed E-state index contributed by atoms with van der Waals surface area (Å²) in [7, 11) is 0. The average molecular weight is 191 g/mol. The van der Waals surface area contributed by atoms with Gasteiger partial charge in [0.15, 0.2) is 0 Å². The Morgan fingerprint density at radius 3 is 3.14 bits per heavy atom. The quantitative estimate of drug-likeness (QED) is 0.641. The summed E-state index contributed by atoms with van der Waals surface area (Å²) in [4.78, 5) is 0. The molecule has 0 radical (unpaired) electrons. The van der Waals surface area contributed by atoms with E-state index in [1.807, 2.05) is 12.0 Å². The first-order chi connectivity index (χ1) is 6.85. The smallest absolute Gasteiger partial charge is 0.0694 e. The van der Waals surface area contributed by atoms with Crippen LogP contribution in [0.1, 0.15) is 13.3 Å². The minimum Gasteiger partial charge on any atom is -0.239 e. The lowest BCUT2D eigenvalue weighted by Gasteiger charge is -2.25. The molecule has 2 N–H and O–H groups in total. The van der Waals surface area contributed by atoms with Gasteiger partial charge < -0.3 is 0 Å². The molecule has 0 aromatic heterocycles. The van der Waals surface area contributed by atoms with E-state index in [4.69, 9.17) is 0 Å². The van der Waals surface area contributed by atoms with Gasteiger partial charge in [-0.15, -0.1) is 0 Å². The summed E-state index contributed by atoms with van der Waals surface area (Å²) in [6, 6.07) is 0. The van der Waals surface area contributed by atoms with Crippen molar-refractivity contribution >= 4 is 0 Å². The molecule has 1 fully saturated rings. The molecular weight excluding hydrogens is 174 g/mol. The molecule has 3 heteroatoms. The van der Waals surface area contributed by atoms with Crippen molar-refractivity contribution < 1.29 is 0 Å². The van der Waals surface area contributed by atoms with Gasteiger partial charge in [0.05, 0.1) is 5.54 Å². The maximum Gasteiger partial charge on any atom is 0.0694 e. The Hall–Kier alpha value is -0.900. The van der Waals surface area contributed by atoms with E-state index in [9.17, 15) is 0 Å². The van der Waals surface area contributed by atoms with Crippen LogP contribution in [0.4, 0.5) is 0 Å². The lowest BCUT2D eigenvalue weighted by atomic mass is 9.93. The van der Waals surface area contributed by atoms with Crippen LogP contribution in [0.25, 0.3) is 0 Å². The number of nitrogens with zero attached hydrogens (tertiary/aromatic N) is 1. The summed E-state index contributed by atoms with van der Waals surface area (Å²) in [5, 5.41) is 2.05. The van der Waals surface area contributed by atoms with E-state index in [0.717, 1.165) is 19.5 Å². The molecule has 0 amide bonds. The predicted octanol–water partition coefficient (Wildman–Crippen LogP) is 1.14. The monoisotopic (exact) mass is 191 g/mol. The zero-order valence-corrected chi connectivity index (χ0v) is 8.53. The summed E-state index contributed by atoms with van der Waals surface area (Å²) in [5.74, 6) is 0. The highest BCUT2D eigenvalue weighted by molar-refractivity contribution is 5.22. The van der Waals surface area contributed by atoms with Crippen LogP contribution in [0.3, 0.4) is 0 Å². The third-order valence-electron chi connectivity index (χ3n) is 2.61. The van der Waals surface area contributed by atoms with E-state index in [-0.39, 0.29) is 5.54 Å². The molecule has 1 saturated heterocycles. The zero-order valence-electron chi connectivity index (χ0n) is 8.53. The number of rotatable bonds is 2. The average Bonchev–Trinajstić information content (AvgIpc) is 2.60. The van der Waals surface area contributed by atoms with Gasteiger partial charge in [-0.05, 0) is 13.3 Å². The molecule has 3 nitrogen and oxygen atoms in total. The van der Waals surface area contributed by atoms with Gasteiger partial charge in [-0.3, -0.25) is 0 Å². The van der Waals surface area contributed by atoms with Crippen LogP contribution in [-0.4, -0.2) is 23.7 Å². The van der Waals surface area contributed by atoms with Crippen LogP contribution in [-0.2, 0) is 0 Å². The van der Waals surface area contributed by atoms with Crippen molar-refractivity contribution in [3.8, 4) is 0 Å². The van der Waals surface area contributed by atoms with Gasteiger partial charge >= 0.3 is 0 Å². The van der Waals surface area contributed by atoms with Crippen molar-refractivity contribution in [1.29, 1.82) is 0 Å². The molecule has 1 heterocycles. The fourth-order valence-electron chi connectivity index (χ4n) is 1.78. The van der Waals surface area contributed by atoms with Gasteiger partial charge in [0.1, 0.15) is 0 Å². The first-order valence-electron chi connectivity index (χ1n) is 5.09. The van der Waals surface area contributed by atoms with Crippen molar-refractivity contribution in [2.75, 3.05) is 13.1 Å². The van der Waals surface area contributed by atoms with E-state index in [1.165, 1.54) is 0 Å². The van der Waals surface area contributed by atoms with Crippen molar-refractivity contribution in [2.45, 2.75) is 18.9 Å². The van der Waals surface area contributed by atoms with E-state index in [1.54, 1.807) is 0 Å². The fraction of sp³-hybridized carbons (Fsp3) is 0.455. The lowest BCUT2D eigenvalue weighted by Crippen LogP contribution is -2.46. The van der Waals surface area contributed by atoms with Gasteiger partial charge in [-0.1, -0.05) is 36.5 Å². The molecule has 0 aromatic carbocycles. The van der Waals surface area contributed by atoms with E-state index in [0.29, 0.717) is 0 Å². The van der Waals surface area contributed by atoms with Crippen LogP contribution < -0.4 is 10.9 Å². The number of nitrogens with one attached hydrogen (secondary N) is 2. The highest BCUT2D eigenvalue weighted by Gasteiger charge is 2.34. The normalized spacial score (nSPS) is 32.4. The Kier molecular flexibility index (Phi) is 2.82. The molecule has 1 unspecified atom stereocenters. The van der Waals surface area contributed by atoms with Crippen molar-refractivity contribution in [2.24, 2.45) is 0 Å². The largest absolute Gasteiger partial charge is 0.239 e. The summed E-state index contributed by atoms with van der Waals surface area (Å²) < 4.78 is 0. The highest BCUT2D eigenvalue weighted by atomic mass is 15.8. The number of hydrogen-bond acceptors (Lipinski definition) is 3. The maximum atomic E-state index is 3.47. The Morgan fingerprint density at radius 1 is 1.50 bits per heavy atom. The van der Waals surface area contributed by atoms with Crippen LogP contribution >= 0.6 is 0 Å². The minimum absolute atomic E-state index is 0.107. The summed E-state index contributed by atoms with van der Waals surface area (Å²) in [6.45, 7) is 3.90. The van der Waals surface area contributed by atoms with E-state index in [2.05, 4.69) is 47.3 Å². The van der Waals surface area contributed by atoms with Gasteiger partial charge in [0.2, 0.25) is 0 Å². The van der Waals surface area contributed by atoms with Crippen LogP contribution in [0.2, 0.25) is 0 Å². The molecule has 76 valence electrons. The maximum absolute atomic E-state index is 3.47. The van der Waals surface area contributed by atoms with E-state index >= 15 is 0 Å². The molecule has 1 atom stereocenters. The van der Waals surface area contributed by atoms with Crippen LogP contribution in [0.5, 0.6) is 0 Å². The van der Waals surface area contributed by atoms with Gasteiger partial charge in [0.25, 0.3) is 0 Å². The minimum atomic E-state index is 0.107.